The van der Waals surface area contributed by atoms with Crippen molar-refractivity contribution in [1.82, 2.24) is 19.4 Å². The van der Waals surface area contributed by atoms with Gasteiger partial charge < -0.3 is 0 Å². The fourth-order valence-corrected chi connectivity index (χ4v) is 1.11. The number of fused-ring (bicyclic) bond motifs is 1. The predicted molar refractivity (Wildman–Crippen MR) is 42.9 cm³/mol. The van der Waals surface area contributed by atoms with Crippen molar-refractivity contribution < 1.29 is 0 Å². The van der Waals surface area contributed by atoms with Crippen LogP contribution in [0.3, 0.4) is 0 Å². The second kappa shape index (κ2) is 2.42. The molecule has 0 N–H and O–H groups in total. The van der Waals surface area contributed by atoms with E-state index < -0.39 is 5.56 Å². The highest BCUT2D eigenvalue weighted by Gasteiger charge is 2.07. The predicted octanol–water partition coefficient (Wildman–Crippen LogP) is -0.700. The highest BCUT2D eigenvalue weighted by atomic mass is 16.1. The van der Waals surface area contributed by atoms with Gasteiger partial charge in [-0.3, -0.25) is 4.79 Å². The maximum absolute atomic E-state index is 11.4. The Kier molecular flexibility index (Phi) is 1.39. The summed E-state index contributed by atoms with van der Waals surface area (Å²) in [6, 6.07) is 3.36. The molecule has 0 atom stereocenters. The van der Waals surface area contributed by atoms with E-state index >= 15 is 0 Å². The lowest BCUT2D eigenvalue weighted by Crippen LogP contribution is -2.23. The summed E-state index contributed by atoms with van der Waals surface area (Å²) in [4.78, 5) is 11.4. The molecular formula is C7H5N5O. The van der Waals surface area contributed by atoms with Crippen LogP contribution in [0, 0.1) is 11.3 Å². The Morgan fingerprint density at radius 3 is 3.08 bits per heavy atom. The minimum atomic E-state index is -0.486. The largest absolute Gasteiger partial charge is 0.311 e. The lowest BCUT2D eigenvalue weighted by Gasteiger charge is -1.99. The van der Waals surface area contributed by atoms with Crippen LogP contribution in [0.15, 0.2) is 17.1 Å². The molecule has 0 fully saturated rings. The number of rotatable bonds is 0. The van der Waals surface area contributed by atoms with E-state index in [4.69, 9.17) is 5.26 Å². The fraction of sp³-hybridized carbons (Fsp3) is 0.143. The second-order valence-electron chi connectivity index (χ2n) is 2.49. The first-order valence-electron chi connectivity index (χ1n) is 3.55. The third-order valence-electron chi connectivity index (χ3n) is 1.71. The Balaban J connectivity index is 3.05. The number of nitriles is 1. The van der Waals surface area contributed by atoms with Crippen LogP contribution < -0.4 is 5.56 Å². The molecule has 2 aromatic rings. The van der Waals surface area contributed by atoms with Gasteiger partial charge in [-0.1, -0.05) is 0 Å². The summed E-state index contributed by atoms with van der Waals surface area (Å²) in [7, 11) is 1.65. The summed E-state index contributed by atoms with van der Waals surface area (Å²) in [5, 5.41) is 16.1. The molecule has 64 valence electrons. The normalized spacial score (nSPS) is 10.2. The molecule has 2 heterocycles. The fourth-order valence-electron chi connectivity index (χ4n) is 1.11. The first-order chi connectivity index (χ1) is 6.24. The van der Waals surface area contributed by atoms with E-state index in [9.17, 15) is 4.79 Å². The summed E-state index contributed by atoms with van der Waals surface area (Å²) in [6.07, 6.45) is 1.49. The highest BCUT2D eigenvalue weighted by molar-refractivity contribution is 5.36. The molecule has 0 spiro atoms. The summed E-state index contributed by atoms with van der Waals surface area (Å²) in [6.45, 7) is 0. The second-order valence-corrected chi connectivity index (χ2v) is 2.49. The molecule has 0 saturated carbocycles. The van der Waals surface area contributed by atoms with Gasteiger partial charge in [0.2, 0.25) is 5.69 Å². The van der Waals surface area contributed by atoms with Crippen molar-refractivity contribution in [3.8, 4) is 6.07 Å². The molecule has 0 unspecified atom stereocenters. The zero-order valence-electron chi connectivity index (χ0n) is 6.80. The molecule has 0 bridgehead atoms. The Morgan fingerprint density at radius 1 is 1.62 bits per heavy atom. The molecule has 0 aromatic carbocycles. The van der Waals surface area contributed by atoms with Gasteiger partial charge in [-0.15, -0.1) is 0 Å². The van der Waals surface area contributed by atoms with Gasteiger partial charge in [0.25, 0.3) is 0 Å². The minimum Gasteiger partial charge on any atom is -0.264 e. The summed E-state index contributed by atoms with van der Waals surface area (Å²) in [5.74, 6) is 0. The smallest absolute Gasteiger partial charge is 0.264 e. The molecule has 2 rings (SSSR count). The van der Waals surface area contributed by atoms with Crippen LogP contribution in [0.5, 0.6) is 0 Å². The van der Waals surface area contributed by atoms with Crippen LogP contribution in [0.4, 0.5) is 0 Å². The van der Waals surface area contributed by atoms with Crippen molar-refractivity contribution in [1.29, 1.82) is 5.26 Å². The number of nitrogens with zero attached hydrogens (tertiary/aromatic N) is 5. The average Bonchev–Trinajstić information content (AvgIpc) is 2.60. The van der Waals surface area contributed by atoms with Crippen molar-refractivity contribution in [3.05, 3.63) is 28.3 Å². The van der Waals surface area contributed by atoms with Crippen LogP contribution in [-0.4, -0.2) is 19.4 Å². The van der Waals surface area contributed by atoms with E-state index in [0.29, 0.717) is 5.65 Å². The molecule has 0 aliphatic rings. The van der Waals surface area contributed by atoms with Gasteiger partial charge in [0.1, 0.15) is 6.07 Å². The Labute approximate surface area is 72.6 Å². The highest BCUT2D eigenvalue weighted by Crippen LogP contribution is 1.94. The van der Waals surface area contributed by atoms with Gasteiger partial charge in [-0.25, -0.2) is 4.68 Å². The molecule has 0 amide bonds. The maximum Gasteiger partial charge on any atom is 0.311 e. The monoisotopic (exact) mass is 175 g/mol. The van der Waals surface area contributed by atoms with E-state index in [2.05, 4.69) is 10.2 Å². The first kappa shape index (κ1) is 7.49. The number of hydrogen-bond donors (Lipinski definition) is 0. The SMILES string of the molecule is Cn1nc(C#N)c(=O)n2nccc12. The van der Waals surface area contributed by atoms with Gasteiger partial charge >= 0.3 is 5.56 Å². The molecule has 0 aliphatic heterocycles. The standard InChI is InChI=1S/C7H5N5O/c1-11-6-2-3-9-12(6)7(13)5(4-8)10-11/h2-3H,1H3. The lowest BCUT2D eigenvalue weighted by molar-refractivity contribution is 0.702. The number of aromatic nitrogens is 4. The van der Waals surface area contributed by atoms with Crippen molar-refractivity contribution in [2.24, 2.45) is 7.05 Å². The van der Waals surface area contributed by atoms with Gasteiger partial charge in [-0.2, -0.15) is 20.0 Å². The molecular weight excluding hydrogens is 170 g/mol. The van der Waals surface area contributed by atoms with E-state index in [0.717, 1.165) is 4.52 Å². The zero-order chi connectivity index (χ0) is 9.42. The quantitative estimate of drug-likeness (QED) is 0.530. The summed E-state index contributed by atoms with van der Waals surface area (Å²) >= 11 is 0. The van der Waals surface area contributed by atoms with Gasteiger partial charge in [0, 0.05) is 13.1 Å². The molecule has 6 nitrogen and oxygen atoms in total. The summed E-state index contributed by atoms with van der Waals surface area (Å²) < 4.78 is 2.58. The van der Waals surface area contributed by atoms with Crippen molar-refractivity contribution in [3.63, 3.8) is 0 Å². The van der Waals surface area contributed by atoms with Crippen LogP contribution in [0.1, 0.15) is 5.69 Å². The molecule has 2 aromatic heterocycles. The summed E-state index contributed by atoms with van der Waals surface area (Å²) in [5.41, 5.74) is -0.0803. The Morgan fingerprint density at radius 2 is 2.38 bits per heavy atom. The Hall–Kier alpha value is -2.16. The van der Waals surface area contributed by atoms with Gasteiger partial charge in [0.05, 0.1) is 6.20 Å². The van der Waals surface area contributed by atoms with E-state index in [1.807, 2.05) is 0 Å². The van der Waals surface area contributed by atoms with Crippen LogP contribution in [-0.2, 0) is 7.05 Å². The van der Waals surface area contributed by atoms with Crippen LogP contribution >= 0.6 is 0 Å². The molecule has 6 heteroatoms. The molecule has 13 heavy (non-hydrogen) atoms. The number of hydrogen-bond acceptors (Lipinski definition) is 4. The number of aryl methyl sites for hydroxylation is 1. The topological polar surface area (TPSA) is 76.0 Å². The van der Waals surface area contributed by atoms with Gasteiger partial charge in [-0.05, 0) is 0 Å². The Bertz CT molecular complexity index is 558. The van der Waals surface area contributed by atoms with Crippen molar-refractivity contribution in [2.45, 2.75) is 0 Å². The average molecular weight is 175 g/mol. The minimum absolute atomic E-state index is 0.154. The van der Waals surface area contributed by atoms with Gasteiger partial charge in [0.15, 0.2) is 5.65 Å². The van der Waals surface area contributed by atoms with E-state index in [1.165, 1.54) is 10.9 Å². The third-order valence-corrected chi connectivity index (χ3v) is 1.71. The van der Waals surface area contributed by atoms with Crippen LogP contribution in [0.25, 0.3) is 5.65 Å². The molecule has 0 saturated heterocycles. The zero-order valence-corrected chi connectivity index (χ0v) is 6.80. The van der Waals surface area contributed by atoms with E-state index in [-0.39, 0.29) is 5.69 Å². The maximum atomic E-state index is 11.4. The van der Waals surface area contributed by atoms with Crippen LogP contribution in [0.2, 0.25) is 0 Å². The molecule has 0 aliphatic carbocycles. The molecule has 0 radical (unpaired) electrons. The third kappa shape index (κ3) is 0.906. The van der Waals surface area contributed by atoms with E-state index in [1.54, 1.807) is 19.2 Å². The lowest BCUT2D eigenvalue weighted by atomic mass is 10.5. The van der Waals surface area contributed by atoms with Crippen molar-refractivity contribution >= 4 is 5.65 Å². The van der Waals surface area contributed by atoms with Crippen molar-refractivity contribution in [2.75, 3.05) is 0 Å². The first-order valence-corrected chi connectivity index (χ1v) is 3.55.